The summed E-state index contributed by atoms with van der Waals surface area (Å²) in [4.78, 5) is 14.2. The number of carbonyl (C=O) groups excluding carboxylic acids is 1. The van der Waals surface area contributed by atoms with Gasteiger partial charge in [0.2, 0.25) is 0 Å². The van der Waals surface area contributed by atoms with E-state index in [1.54, 1.807) is 0 Å². The topological polar surface area (TPSA) is 41.6 Å². The van der Waals surface area contributed by atoms with Gasteiger partial charge in [0.25, 0.3) is 5.91 Å². The first-order valence-electron chi connectivity index (χ1n) is 6.29. The maximum atomic E-state index is 12.3. The first kappa shape index (κ1) is 13.1. The van der Waals surface area contributed by atoms with Gasteiger partial charge in [0.15, 0.2) is 0 Å². The second-order valence-corrected chi connectivity index (χ2v) is 4.63. The van der Waals surface area contributed by atoms with Gasteiger partial charge in [0.05, 0.1) is 6.61 Å². The smallest absolute Gasteiger partial charge is 0.257 e. The molecule has 1 atom stereocenters. The van der Waals surface area contributed by atoms with Gasteiger partial charge >= 0.3 is 0 Å². The average molecular weight is 248 g/mol. The number of nitrogens with one attached hydrogen (secondary N) is 1. The summed E-state index contributed by atoms with van der Waals surface area (Å²) >= 11 is 0. The molecule has 1 aromatic carbocycles. The fourth-order valence-electron chi connectivity index (χ4n) is 2.24. The Bertz CT molecular complexity index is 443. The molecular weight excluding hydrogens is 228 g/mol. The fourth-order valence-corrected chi connectivity index (χ4v) is 2.24. The van der Waals surface area contributed by atoms with Crippen LogP contribution in [0.3, 0.4) is 0 Å². The molecule has 1 fully saturated rings. The third-order valence-corrected chi connectivity index (χ3v) is 3.43. The summed E-state index contributed by atoms with van der Waals surface area (Å²) in [5.41, 5.74) is 3.37. The SMILES string of the molecule is CNCC1OCCN(c2cccc(C)c2C)C1=O. The summed E-state index contributed by atoms with van der Waals surface area (Å²) in [5, 5.41) is 2.99. The van der Waals surface area contributed by atoms with E-state index in [2.05, 4.69) is 25.2 Å². The number of hydrogen-bond donors (Lipinski definition) is 1. The van der Waals surface area contributed by atoms with Crippen LogP contribution in [-0.4, -0.2) is 38.8 Å². The van der Waals surface area contributed by atoms with Crippen LogP contribution in [0.15, 0.2) is 18.2 Å². The van der Waals surface area contributed by atoms with Gasteiger partial charge in [-0.2, -0.15) is 0 Å². The molecule has 1 amide bonds. The fraction of sp³-hybridized carbons (Fsp3) is 0.500. The third kappa shape index (κ3) is 2.40. The minimum Gasteiger partial charge on any atom is -0.365 e. The van der Waals surface area contributed by atoms with Gasteiger partial charge in [-0.25, -0.2) is 0 Å². The van der Waals surface area contributed by atoms with E-state index in [-0.39, 0.29) is 12.0 Å². The number of amides is 1. The predicted molar refractivity (Wildman–Crippen MR) is 71.9 cm³/mol. The molecule has 1 aromatic rings. The Kier molecular flexibility index (Phi) is 3.99. The molecule has 98 valence electrons. The lowest BCUT2D eigenvalue weighted by Crippen LogP contribution is -2.51. The van der Waals surface area contributed by atoms with Crippen molar-refractivity contribution in [3.63, 3.8) is 0 Å². The molecule has 4 nitrogen and oxygen atoms in total. The maximum absolute atomic E-state index is 12.3. The van der Waals surface area contributed by atoms with Crippen LogP contribution in [0.4, 0.5) is 5.69 Å². The van der Waals surface area contributed by atoms with Gasteiger partial charge in [-0.3, -0.25) is 4.79 Å². The molecule has 1 unspecified atom stereocenters. The highest BCUT2D eigenvalue weighted by atomic mass is 16.5. The molecule has 0 bridgehead atoms. The predicted octanol–water partition coefficient (Wildman–Crippen LogP) is 1.25. The lowest BCUT2D eigenvalue weighted by atomic mass is 10.1. The highest BCUT2D eigenvalue weighted by Crippen LogP contribution is 2.25. The summed E-state index contributed by atoms with van der Waals surface area (Å²) in [6.45, 7) is 5.89. The number of morpholine rings is 1. The lowest BCUT2D eigenvalue weighted by molar-refractivity contribution is -0.133. The van der Waals surface area contributed by atoms with Crippen molar-refractivity contribution in [2.24, 2.45) is 0 Å². The highest BCUT2D eigenvalue weighted by molar-refractivity contribution is 5.98. The van der Waals surface area contributed by atoms with E-state index in [9.17, 15) is 4.79 Å². The van der Waals surface area contributed by atoms with Crippen LogP contribution in [-0.2, 0) is 9.53 Å². The minimum absolute atomic E-state index is 0.0456. The van der Waals surface area contributed by atoms with Crippen molar-refractivity contribution in [2.75, 3.05) is 31.6 Å². The lowest BCUT2D eigenvalue weighted by Gasteiger charge is -2.33. The van der Waals surface area contributed by atoms with Crippen LogP contribution in [0.2, 0.25) is 0 Å². The first-order chi connectivity index (χ1) is 8.65. The molecule has 0 radical (unpaired) electrons. The molecule has 1 saturated heterocycles. The Morgan fingerprint density at radius 1 is 1.44 bits per heavy atom. The van der Waals surface area contributed by atoms with Crippen LogP contribution in [0.5, 0.6) is 0 Å². The Labute approximate surface area is 108 Å². The molecule has 2 rings (SSSR count). The van der Waals surface area contributed by atoms with Crippen LogP contribution in [0.1, 0.15) is 11.1 Å². The van der Waals surface area contributed by atoms with E-state index >= 15 is 0 Å². The molecule has 0 aliphatic carbocycles. The largest absolute Gasteiger partial charge is 0.365 e. The second kappa shape index (κ2) is 5.50. The number of rotatable bonds is 3. The molecule has 1 heterocycles. The Hall–Kier alpha value is -1.39. The van der Waals surface area contributed by atoms with E-state index in [1.165, 1.54) is 5.56 Å². The van der Waals surface area contributed by atoms with E-state index in [0.29, 0.717) is 19.7 Å². The molecule has 0 saturated carbocycles. The molecule has 1 N–H and O–H groups in total. The molecule has 0 spiro atoms. The van der Waals surface area contributed by atoms with Crippen molar-refractivity contribution in [1.82, 2.24) is 5.32 Å². The van der Waals surface area contributed by atoms with Crippen LogP contribution in [0, 0.1) is 13.8 Å². The number of carbonyl (C=O) groups is 1. The zero-order chi connectivity index (χ0) is 13.1. The molecule has 1 aliphatic heterocycles. The summed E-state index contributed by atoms with van der Waals surface area (Å²) < 4.78 is 5.50. The molecule has 4 heteroatoms. The Balaban J connectivity index is 2.27. The standard InChI is InChI=1S/C14H20N2O2/c1-10-5-4-6-12(11(10)2)16-7-8-18-13(9-15-3)14(16)17/h4-6,13,15H,7-9H2,1-3H3. The molecule has 0 aromatic heterocycles. The van der Waals surface area contributed by atoms with E-state index < -0.39 is 0 Å². The van der Waals surface area contributed by atoms with Crippen LogP contribution < -0.4 is 10.2 Å². The number of hydrogen-bond acceptors (Lipinski definition) is 3. The van der Waals surface area contributed by atoms with Crippen molar-refractivity contribution in [3.8, 4) is 0 Å². The zero-order valence-electron chi connectivity index (χ0n) is 11.2. The first-order valence-corrected chi connectivity index (χ1v) is 6.29. The summed E-state index contributed by atoms with van der Waals surface area (Å²) in [5.74, 6) is 0.0456. The number of benzene rings is 1. The van der Waals surface area contributed by atoms with Crippen molar-refractivity contribution < 1.29 is 9.53 Å². The maximum Gasteiger partial charge on any atom is 0.257 e. The summed E-state index contributed by atoms with van der Waals surface area (Å²) in [6.07, 6.45) is -0.372. The van der Waals surface area contributed by atoms with Crippen LogP contribution >= 0.6 is 0 Å². The number of anilines is 1. The van der Waals surface area contributed by atoms with E-state index in [0.717, 1.165) is 11.3 Å². The van der Waals surface area contributed by atoms with Gasteiger partial charge in [-0.1, -0.05) is 12.1 Å². The van der Waals surface area contributed by atoms with Gasteiger partial charge in [-0.15, -0.1) is 0 Å². The van der Waals surface area contributed by atoms with E-state index in [4.69, 9.17) is 4.74 Å². The number of likely N-dealkylation sites (N-methyl/N-ethyl adjacent to an activating group) is 1. The number of aryl methyl sites for hydroxylation is 1. The van der Waals surface area contributed by atoms with Gasteiger partial charge in [0, 0.05) is 18.8 Å². The average Bonchev–Trinajstić information content (AvgIpc) is 2.36. The van der Waals surface area contributed by atoms with E-state index in [1.807, 2.05) is 24.1 Å². The minimum atomic E-state index is -0.372. The zero-order valence-corrected chi connectivity index (χ0v) is 11.2. The number of ether oxygens (including phenoxy) is 1. The van der Waals surface area contributed by atoms with Gasteiger partial charge in [-0.05, 0) is 38.1 Å². The quantitative estimate of drug-likeness (QED) is 0.875. The van der Waals surface area contributed by atoms with Crippen molar-refractivity contribution in [3.05, 3.63) is 29.3 Å². The monoisotopic (exact) mass is 248 g/mol. The summed E-state index contributed by atoms with van der Waals surface area (Å²) in [6, 6.07) is 6.06. The molecular formula is C14H20N2O2. The van der Waals surface area contributed by atoms with Crippen molar-refractivity contribution >= 4 is 11.6 Å². The highest BCUT2D eigenvalue weighted by Gasteiger charge is 2.30. The molecule has 18 heavy (non-hydrogen) atoms. The summed E-state index contributed by atoms with van der Waals surface area (Å²) in [7, 11) is 1.83. The van der Waals surface area contributed by atoms with Gasteiger partial charge in [0.1, 0.15) is 6.10 Å². The Morgan fingerprint density at radius 2 is 2.22 bits per heavy atom. The van der Waals surface area contributed by atoms with Gasteiger partial charge < -0.3 is 15.0 Å². The molecule has 1 aliphatic rings. The van der Waals surface area contributed by atoms with Crippen molar-refractivity contribution in [1.29, 1.82) is 0 Å². The Morgan fingerprint density at radius 3 is 2.94 bits per heavy atom. The second-order valence-electron chi connectivity index (χ2n) is 4.63. The van der Waals surface area contributed by atoms with Crippen molar-refractivity contribution in [2.45, 2.75) is 20.0 Å². The third-order valence-electron chi connectivity index (χ3n) is 3.43. The number of nitrogens with zero attached hydrogens (tertiary/aromatic N) is 1. The van der Waals surface area contributed by atoms with Crippen LogP contribution in [0.25, 0.3) is 0 Å². The normalized spacial score (nSPS) is 20.3.